The average molecular weight is 364 g/mol. The van der Waals surface area contributed by atoms with Gasteiger partial charge in [0, 0.05) is 10.4 Å². The monoisotopic (exact) mass is 364 g/mol. The summed E-state index contributed by atoms with van der Waals surface area (Å²) in [4.78, 5) is 18.3. The molecule has 1 aliphatic rings. The Balaban J connectivity index is 1.82. The molecule has 1 aromatic heterocycles. The largest absolute Gasteiger partial charge is 0.298 e. The first-order chi connectivity index (χ1) is 11.4. The number of nitrogens with one attached hydrogen (secondary N) is 1. The van der Waals surface area contributed by atoms with Crippen molar-refractivity contribution in [2.24, 2.45) is 0 Å². The summed E-state index contributed by atoms with van der Waals surface area (Å²) < 4.78 is 24.5. The maximum Gasteiger partial charge on any atom is 0.257 e. The highest BCUT2D eigenvalue weighted by molar-refractivity contribution is 7.92. The van der Waals surface area contributed by atoms with Crippen LogP contribution < -0.4 is 5.32 Å². The molecule has 0 bridgehead atoms. The van der Waals surface area contributed by atoms with E-state index in [9.17, 15) is 13.2 Å². The van der Waals surface area contributed by atoms with Gasteiger partial charge in [0.25, 0.3) is 5.91 Å². The molecule has 1 aromatic carbocycles. The Morgan fingerprint density at radius 1 is 1.25 bits per heavy atom. The number of aromatic nitrogens is 1. The van der Waals surface area contributed by atoms with E-state index in [0.29, 0.717) is 10.7 Å². The molecule has 3 rings (SSSR count). The number of anilines is 1. The zero-order valence-electron chi connectivity index (χ0n) is 13.7. The number of hydrogen-bond acceptors (Lipinski definition) is 5. The topological polar surface area (TPSA) is 76.1 Å². The molecule has 7 heteroatoms. The lowest BCUT2D eigenvalue weighted by Crippen LogP contribution is -2.16. The van der Waals surface area contributed by atoms with Crippen LogP contribution in [0, 0.1) is 0 Å². The predicted octanol–water partition coefficient (Wildman–Crippen LogP) is 3.46. The summed E-state index contributed by atoms with van der Waals surface area (Å²) in [6.45, 7) is 3.25. The summed E-state index contributed by atoms with van der Waals surface area (Å²) in [5, 5.41) is 2.86. The van der Waals surface area contributed by atoms with Gasteiger partial charge in [-0.1, -0.05) is 6.07 Å². The van der Waals surface area contributed by atoms with Crippen molar-refractivity contribution < 1.29 is 13.2 Å². The number of thiazole rings is 1. The smallest absolute Gasteiger partial charge is 0.257 e. The van der Waals surface area contributed by atoms with Crippen molar-refractivity contribution in [3.05, 3.63) is 40.4 Å². The fourth-order valence-corrected chi connectivity index (χ4v) is 4.81. The van der Waals surface area contributed by atoms with Crippen molar-refractivity contribution in [1.82, 2.24) is 4.98 Å². The normalized spacial score (nSPS) is 14.5. The Bertz CT molecular complexity index is 846. The van der Waals surface area contributed by atoms with Crippen LogP contribution in [0.4, 0.5) is 5.13 Å². The number of amides is 1. The second-order valence-electron chi connectivity index (χ2n) is 6.17. The van der Waals surface area contributed by atoms with Crippen LogP contribution in [0.2, 0.25) is 0 Å². The Morgan fingerprint density at radius 2 is 2.00 bits per heavy atom. The van der Waals surface area contributed by atoms with Crippen molar-refractivity contribution in [2.45, 2.75) is 49.7 Å². The fraction of sp³-hybridized carbons (Fsp3) is 0.412. The molecule has 1 amide bonds. The molecule has 128 valence electrons. The molecule has 0 aliphatic heterocycles. The number of carbonyl (C=O) groups excluding carboxylic acids is 1. The highest BCUT2D eigenvalue weighted by Gasteiger charge is 2.21. The van der Waals surface area contributed by atoms with Crippen LogP contribution in [0.1, 0.15) is 47.6 Å². The molecule has 5 nitrogen and oxygen atoms in total. The highest BCUT2D eigenvalue weighted by Crippen LogP contribution is 2.29. The molecular formula is C17H20N2O3S2. The number of nitrogens with zero attached hydrogens (tertiary/aromatic N) is 1. The number of rotatable bonds is 4. The van der Waals surface area contributed by atoms with Crippen molar-refractivity contribution in [3.8, 4) is 0 Å². The van der Waals surface area contributed by atoms with E-state index in [-0.39, 0.29) is 10.8 Å². The summed E-state index contributed by atoms with van der Waals surface area (Å²) in [6.07, 6.45) is 4.28. The number of benzene rings is 1. The van der Waals surface area contributed by atoms with Crippen LogP contribution in [0.25, 0.3) is 0 Å². The minimum Gasteiger partial charge on any atom is -0.298 e. The van der Waals surface area contributed by atoms with Gasteiger partial charge in [-0.15, -0.1) is 11.3 Å². The fourth-order valence-electron chi connectivity index (χ4n) is 2.66. The molecule has 0 fully saturated rings. The molecule has 0 saturated heterocycles. The summed E-state index contributed by atoms with van der Waals surface area (Å²) in [6, 6.07) is 6.16. The molecule has 0 saturated carbocycles. The van der Waals surface area contributed by atoms with Gasteiger partial charge in [0.2, 0.25) is 0 Å². The molecule has 1 N–H and O–H groups in total. The zero-order valence-corrected chi connectivity index (χ0v) is 15.3. The second kappa shape index (κ2) is 6.64. The van der Waals surface area contributed by atoms with Crippen molar-refractivity contribution in [2.75, 3.05) is 5.32 Å². The van der Waals surface area contributed by atoms with E-state index in [1.54, 1.807) is 26.0 Å². The number of aryl methyl sites for hydroxylation is 2. The van der Waals surface area contributed by atoms with Crippen molar-refractivity contribution in [1.29, 1.82) is 0 Å². The molecule has 0 atom stereocenters. The van der Waals surface area contributed by atoms with Crippen molar-refractivity contribution >= 4 is 32.2 Å². The lowest BCUT2D eigenvalue weighted by molar-refractivity contribution is 0.102. The molecule has 0 spiro atoms. The first-order valence-electron chi connectivity index (χ1n) is 8.02. The van der Waals surface area contributed by atoms with Crippen LogP contribution >= 0.6 is 11.3 Å². The average Bonchev–Trinajstić information content (AvgIpc) is 2.97. The number of fused-ring (bicyclic) bond motifs is 1. The Kier molecular flexibility index (Phi) is 4.73. The van der Waals surface area contributed by atoms with Gasteiger partial charge in [-0.3, -0.25) is 10.1 Å². The predicted molar refractivity (Wildman–Crippen MR) is 95.5 cm³/mol. The Hall–Kier alpha value is -1.73. The molecular weight excluding hydrogens is 344 g/mol. The summed E-state index contributed by atoms with van der Waals surface area (Å²) in [7, 11) is -3.40. The second-order valence-corrected chi connectivity index (χ2v) is 9.76. The standard InChI is InChI=1S/C17H20N2O3S2/c1-11(2)24(21,22)13-7-5-6-12(10-13)16(20)19-17-18-14-8-3-4-9-15(14)23-17/h5-7,10-11H,3-4,8-9H2,1-2H3,(H,18,19,20). The van der Waals surface area contributed by atoms with E-state index in [2.05, 4.69) is 10.3 Å². The lowest BCUT2D eigenvalue weighted by atomic mass is 10.0. The lowest BCUT2D eigenvalue weighted by Gasteiger charge is -2.09. The maximum absolute atomic E-state index is 12.4. The number of sulfone groups is 1. The van der Waals surface area contributed by atoms with Gasteiger partial charge in [-0.2, -0.15) is 0 Å². The molecule has 24 heavy (non-hydrogen) atoms. The minimum atomic E-state index is -3.40. The van der Waals surface area contributed by atoms with E-state index >= 15 is 0 Å². The SMILES string of the molecule is CC(C)S(=O)(=O)c1cccc(C(=O)Nc2nc3c(s2)CCCC3)c1. The van der Waals surface area contributed by atoms with Crippen LogP contribution in [0.3, 0.4) is 0 Å². The van der Waals surface area contributed by atoms with E-state index in [1.165, 1.54) is 28.3 Å². The minimum absolute atomic E-state index is 0.170. The van der Waals surface area contributed by atoms with Crippen molar-refractivity contribution in [3.63, 3.8) is 0 Å². The van der Waals surface area contributed by atoms with E-state index < -0.39 is 15.1 Å². The van der Waals surface area contributed by atoms with Crippen LogP contribution in [-0.4, -0.2) is 24.6 Å². The quantitative estimate of drug-likeness (QED) is 0.901. The Labute approximate surface area is 146 Å². The highest BCUT2D eigenvalue weighted by atomic mass is 32.2. The third-order valence-electron chi connectivity index (χ3n) is 4.11. The Morgan fingerprint density at radius 3 is 2.71 bits per heavy atom. The third-order valence-corrected chi connectivity index (χ3v) is 7.34. The summed E-state index contributed by atoms with van der Waals surface area (Å²) in [5.74, 6) is -0.332. The molecule has 2 aromatic rings. The van der Waals surface area contributed by atoms with Crippen LogP contribution in [0.15, 0.2) is 29.2 Å². The molecule has 1 heterocycles. The van der Waals surface area contributed by atoms with Gasteiger partial charge in [-0.05, 0) is 57.7 Å². The van der Waals surface area contributed by atoms with Gasteiger partial charge in [0.1, 0.15) is 0 Å². The summed E-state index contributed by atoms with van der Waals surface area (Å²) in [5.41, 5.74) is 1.41. The van der Waals surface area contributed by atoms with Gasteiger partial charge in [0.15, 0.2) is 15.0 Å². The molecule has 0 radical (unpaired) electrons. The molecule has 0 unspecified atom stereocenters. The first kappa shape index (κ1) is 17.1. The van der Waals surface area contributed by atoms with Gasteiger partial charge >= 0.3 is 0 Å². The molecule has 1 aliphatic carbocycles. The van der Waals surface area contributed by atoms with Gasteiger partial charge in [0.05, 0.1) is 15.8 Å². The number of hydrogen-bond donors (Lipinski definition) is 1. The zero-order chi connectivity index (χ0) is 17.3. The first-order valence-corrected chi connectivity index (χ1v) is 10.4. The van der Waals surface area contributed by atoms with E-state index in [1.807, 2.05) is 0 Å². The van der Waals surface area contributed by atoms with E-state index in [4.69, 9.17) is 0 Å². The third kappa shape index (κ3) is 3.37. The number of carbonyl (C=O) groups is 1. The summed E-state index contributed by atoms with van der Waals surface area (Å²) >= 11 is 1.51. The van der Waals surface area contributed by atoms with E-state index in [0.717, 1.165) is 31.4 Å². The maximum atomic E-state index is 12.4. The van der Waals surface area contributed by atoms with Crippen LogP contribution in [0.5, 0.6) is 0 Å². The van der Waals surface area contributed by atoms with Crippen LogP contribution in [-0.2, 0) is 22.7 Å². The van der Waals surface area contributed by atoms with Gasteiger partial charge in [-0.25, -0.2) is 13.4 Å². The van der Waals surface area contributed by atoms with Gasteiger partial charge < -0.3 is 0 Å².